The van der Waals surface area contributed by atoms with Crippen molar-refractivity contribution in [2.75, 3.05) is 39.3 Å². The number of likely N-dealkylation sites (tertiary alicyclic amines) is 2. The second-order valence-electron chi connectivity index (χ2n) is 5.75. The summed E-state index contributed by atoms with van der Waals surface area (Å²) in [4.78, 5) is 16.6. The number of hydrogen-bond acceptors (Lipinski definition) is 3. The van der Waals surface area contributed by atoms with E-state index in [0.29, 0.717) is 18.4 Å². The fourth-order valence-corrected chi connectivity index (χ4v) is 2.99. The number of piperidine rings is 1. The standard InChI is InChI=1S/C14H27N3O.ClH/c15-11-13-5-9-16(10-6-13)12-14(18)17-7-3-1-2-4-8-17;/h13H,1-12,15H2;1H. The third-order valence-corrected chi connectivity index (χ3v) is 4.36. The molecule has 0 bridgehead atoms. The summed E-state index contributed by atoms with van der Waals surface area (Å²) >= 11 is 0. The molecule has 2 aliphatic rings. The monoisotopic (exact) mass is 289 g/mol. The summed E-state index contributed by atoms with van der Waals surface area (Å²) in [5.74, 6) is 1.01. The van der Waals surface area contributed by atoms with Gasteiger partial charge in [-0.2, -0.15) is 0 Å². The van der Waals surface area contributed by atoms with Gasteiger partial charge in [0, 0.05) is 13.1 Å². The van der Waals surface area contributed by atoms with Crippen LogP contribution in [0.3, 0.4) is 0 Å². The zero-order chi connectivity index (χ0) is 12.8. The fourth-order valence-electron chi connectivity index (χ4n) is 2.99. The maximum Gasteiger partial charge on any atom is 0.236 e. The van der Waals surface area contributed by atoms with Gasteiger partial charge in [-0.25, -0.2) is 0 Å². The van der Waals surface area contributed by atoms with Gasteiger partial charge in [-0.15, -0.1) is 12.4 Å². The molecule has 2 rings (SSSR count). The molecule has 4 nitrogen and oxygen atoms in total. The van der Waals surface area contributed by atoms with Gasteiger partial charge in [-0.3, -0.25) is 9.69 Å². The molecule has 0 saturated carbocycles. The number of hydrogen-bond donors (Lipinski definition) is 1. The predicted molar refractivity (Wildman–Crippen MR) is 80.5 cm³/mol. The van der Waals surface area contributed by atoms with Gasteiger partial charge in [0.25, 0.3) is 0 Å². The van der Waals surface area contributed by atoms with Crippen LogP contribution in [0.2, 0.25) is 0 Å². The summed E-state index contributed by atoms with van der Waals surface area (Å²) in [7, 11) is 0. The zero-order valence-corrected chi connectivity index (χ0v) is 12.7. The van der Waals surface area contributed by atoms with Gasteiger partial charge in [-0.1, -0.05) is 12.8 Å². The van der Waals surface area contributed by atoms with Crippen LogP contribution in [0.15, 0.2) is 0 Å². The minimum absolute atomic E-state index is 0. The molecular formula is C14H28ClN3O. The first kappa shape index (κ1) is 16.7. The quantitative estimate of drug-likeness (QED) is 0.856. The second-order valence-corrected chi connectivity index (χ2v) is 5.75. The van der Waals surface area contributed by atoms with Gasteiger partial charge in [-0.05, 0) is 51.2 Å². The largest absolute Gasteiger partial charge is 0.342 e. The van der Waals surface area contributed by atoms with Gasteiger partial charge in [0.1, 0.15) is 0 Å². The molecule has 0 aromatic rings. The average Bonchev–Trinajstić information content (AvgIpc) is 2.68. The summed E-state index contributed by atoms with van der Waals surface area (Å²) in [5.41, 5.74) is 5.69. The van der Waals surface area contributed by atoms with Crippen molar-refractivity contribution in [2.24, 2.45) is 11.7 Å². The molecule has 0 aromatic carbocycles. The Hall–Kier alpha value is -0.320. The highest BCUT2D eigenvalue weighted by Crippen LogP contribution is 2.16. The molecule has 0 unspecified atom stereocenters. The van der Waals surface area contributed by atoms with E-state index in [1.807, 2.05) is 0 Å². The van der Waals surface area contributed by atoms with Crippen LogP contribution in [0.5, 0.6) is 0 Å². The molecule has 0 spiro atoms. The molecule has 19 heavy (non-hydrogen) atoms. The highest BCUT2D eigenvalue weighted by molar-refractivity contribution is 5.85. The van der Waals surface area contributed by atoms with E-state index in [0.717, 1.165) is 45.6 Å². The van der Waals surface area contributed by atoms with Gasteiger partial charge in [0.05, 0.1) is 6.54 Å². The van der Waals surface area contributed by atoms with E-state index < -0.39 is 0 Å². The van der Waals surface area contributed by atoms with Crippen LogP contribution < -0.4 is 5.73 Å². The lowest BCUT2D eigenvalue weighted by Crippen LogP contribution is -2.44. The fraction of sp³-hybridized carbons (Fsp3) is 0.929. The highest BCUT2D eigenvalue weighted by Gasteiger charge is 2.22. The third kappa shape index (κ3) is 5.28. The van der Waals surface area contributed by atoms with Crippen molar-refractivity contribution >= 4 is 18.3 Å². The summed E-state index contributed by atoms with van der Waals surface area (Å²) in [6.07, 6.45) is 7.24. The second kappa shape index (κ2) is 8.77. The molecule has 0 radical (unpaired) electrons. The lowest BCUT2D eigenvalue weighted by molar-refractivity contribution is -0.132. The smallest absolute Gasteiger partial charge is 0.236 e. The molecule has 5 heteroatoms. The normalized spacial score (nSPS) is 22.7. The highest BCUT2D eigenvalue weighted by atomic mass is 35.5. The van der Waals surface area contributed by atoms with E-state index >= 15 is 0 Å². The van der Waals surface area contributed by atoms with Crippen LogP contribution >= 0.6 is 12.4 Å². The molecule has 0 aromatic heterocycles. The van der Waals surface area contributed by atoms with Crippen LogP contribution in [0.1, 0.15) is 38.5 Å². The van der Waals surface area contributed by atoms with Crippen molar-refractivity contribution in [3.63, 3.8) is 0 Å². The molecule has 2 aliphatic heterocycles. The molecule has 1 amide bonds. The minimum atomic E-state index is 0. The van der Waals surface area contributed by atoms with Crippen molar-refractivity contribution in [3.05, 3.63) is 0 Å². The Kier molecular flexibility index (Phi) is 7.73. The van der Waals surface area contributed by atoms with Crippen LogP contribution in [0.4, 0.5) is 0 Å². The maximum absolute atomic E-state index is 12.2. The zero-order valence-electron chi connectivity index (χ0n) is 11.9. The summed E-state index contributed by atoms with van der Waals surface area (Å²) in [6, 6.07) is 0. The molecule has 2 saturated heterocycles. The first-order chi connectivity index (χ1) is 8.79. The molecule has 112 valence electrons. The number of carbonyl (C=O) groups is 1. The average molecular weight is 290 g/mol. The molecule has 2 heterocycles. The van der Waals surface area contributed by atoms with Crippen molar-refractivity contribution in [3.8, 4) is 0 Å². The topological polar surface area (TPSA) is 49.6 Å². The van der Waals surface area contributed by atoms with Crippen molar-refractivity contribution in [1.82, 2.24) is 9.80 Å². The van der Waals surface area contributed by atoms with Gasteiger partial charge < -0.3 is 10.6 Å². The number of carbonyl (C=O) groups excluding carboxylic acids is 1. The van der Waals surface area contributed by atoms with Gasteiger partial charge >= 0.3 is 0 Å². The number of rotatable bonds is 3. The lowest BCUT2D eigenvalue weighted by Gasteiger charge is -2.32. The maximum atomic E-state index is 12.2. The number of nitrogens with zero attached hydrogens (tertiary/aromatic N) is 2. The number of amides is 1. The Labute approximate surface area is 123 Å². The lowest BCUT2D eigenvalue weighted by atomic mass is 9.97. The Bertz CT molecular complexity index is 259. The molecule has 2 N–H and O–H groups in total. The SMILES string of the molecule is Cl.NCC1CCN(CC(=O)N2CCCCCC2)CC1. The van der Waals surface area contributed by atoms with E-state index in [1.165, 1.54) is 25.7 Å². The molecule has 2 fully saturated rings. The van der Waals surface area contributed by atoms with Crippen molar-refractivity contribution in [1.29, 1.82) is 0 Å². The van der Waals surface area contributed by atoms with Crippen molar-refractivity contribution in [2.45, 2.75) is 38.5 Å². The van der Waals surface area contributed by atoms with Crippen LogP contribution in [0, 0.1) is 5.92 Å². The van der Waals surface area contributed by atoms with Crippen LogP contribution in [-0.4, -0.2) is 55.0 Å². The van der Waals surface area contributed by atoms with Gasteiger partial charge in [0.2, 0.25) is 5.91 Å². The van der Waals surface area contributed by atoms with Crippen LogP contribution in [0.25, 0.3) is 0 Å². The van der Waals surface area contributed by atoms with E-state index in [2.05, 4.69) is 9.80 Å². The molecule has 0 atom stereocenters. The first-order valence-electron chi connectivity index (χ1n) is 7.50. The van der Waals surface area contributed by atoms with E-state index in [4.69, 9.17) is 5.73 Å². The Morgan fingerprint density at radius 3 is 2.11 bits per heavy atom. The Morgan fingerprint density at radius 2 is 1.58 bits per heavy atom. The van der Waals surface area contributed by atoms with Crippen LogP contribution in [-0.2, 0) is 4.79 Å². The minimum Gasteiger partial charge on any atom is -0.342 e. The number of halogens is 1. The van der Waals surface area contributed by atoms with Gasteiger partial charge in [0.15, 0.2) is 0 Å². The number of nitrogens with two attached hydrogens (primary N) is 1. The van der Waals surface area contributed by atoms with E-state index in [-0.39, 0.29) is 12.4 Å². The molecular weight excluding hydrogens is 262 g/mol. The van der Waals surface area contributed by atoms with Crippen molar-refractivity contribution < 1.29 is 4.79 Å². The summed E-state index contributed by atoms with van der Waals surface area (Å²) in [6.45, 7) is 5.45. The Morgan fingerprint density at radius 1 is 1.00 bits per heavy atom. The Balaban J connectivity index is 0.00000180. The molecule has 0 aliphatic carbocycles. The third-order valence-electron chi connectivity index (χ3n) is 4.36. The summed E-state index contributed by atoms with van der Waals surface area (Å²) in [5, 5.41) is 0. The van der Waals surface area contributed by atoms with E-state index in [9.17, 15) is 4.79 Å². The summed E-state index contributed by atoms with van der Waals surface area (Å²) < 4.78 is 0. The first-order valence-corrected chi connectivity index (χ1v) is 7.50. The predicted octanol–water partition coefficient (Wildman–Crippen LogP) is 1.48. The van der Waals surface area contributed by atoms with E-state index in [1.54, 1.807) is 0 Å².